The van der Waals surface area contributed by atoms with Crippen LogP contribution in [0.3, 0.4) is 0 Å². The van der Waals surface area contributed by atoms with Gasteiger partial charge in [0.25, 0.3) is 0 Å². The van der Waals surface area contributed by atoms with Crippen LogP contribution in [-0.4, -0.2) is 55.2 Å². The van der Waals surface area contributed by atoms with E-state index < -0.39 is 0 Å². The third-order valence-electron chi connectivity index (χ3n) is 2.65. The van der Waals surface area contributed by atoms with E-state index in [1.165, 1.54) is 0 Å². The van der Waals surface area contributed by atoms with Crippen LogP contribution in [0.15, 0.2) is 0 Å². The molecule has 0 aromatic carbocycles. The molecule has 0 saturated carbocycles. The van der Waals surface area contributed by atoms with E-state index in [2.05, 4.69) is 30.8 Å². The molecule has 2 atom stereocenters. The molecular formula is C11H24N2OW. The maximum Gasteiger partial charge on any atom is 2.00 e. The molecule has 0 aliphatic carbocycles. The van der Waals surface area contributed by atoms with Crippen LogP contribution < -0.4 is 0 Å². The second kappa shape index (κ2) is 8.69. The number of likely N-dealkylation sites (N-methyl/N-ethyl adjacent to an activating group) is 1. The molecule has 2 aliphatic heterocycles. The van der Waals surface area contributed by atoms with E-state index in [1.807, 2.05) is 0 Å². The normalized spacial score (nSPS) is 30.4. The van der Waals surface area contributed by atoms with Gasteiger partial charge >= 0.3 is 21.1 Å². The number of ether oxygens (including phenoxy) is 1. The van der Waals surface area contributed by atoms with Crippen LogP contribution in [0, 0.1) is 14.0 Å². The first kappa shape index (κ1) is 17.9. The fraction of sp³-hybridized carbons (Fsp3) is 0.818. The first-order valence-electron chi connectivity index (χ1n) is 4.85. The van der Waals surface area contributed by atoms with Crippen molar-refractivity contribution in [2.24, 2.45) is 0 Å². The number of hydrogen-bond donors (Lipinski definition) is 0. The van der Waals surface area contributed by atoms with E-state index in [4.69, 9.17) is 4.74 Å². The number of likely N-dealkylation sites (tertiary alicyclic amines) is 1. The van der Waals surface area contributed by atoms with Crippen LogP contribution in [0.4, 0.5) is 0 Å². The predicted molar refractivity (Wildman–Crippen MR) is 60.9 cm³/mol. The molecule has 0 bridgehead atoms. The Kier molecular flexibility index (Phi) is 10.4. The Hall–Kier alpha value is 0.568. The number of morpholine rings is 1. The topological polar surface area (TPSA) is 15.7 Å². The van der Waals surface area contributed by atoms with Crippen molar-refractivity contribution in [3.63, 3.8) is 0 Å². The molecule has 0 aromatic rings. The smallest absolute Gasteiger partial charge is 0.456 e. The maximum absolute atomic E-state index is 5.62. The molecule has 2 heterocycles. The van der Waals surface area contributed by atoms with E-state index >= 15 is 0 Å². The quantitative estimate of drug-likeness (QED) is 0.586. The minimum Gasteiger partial charge on any atom is -0.456 e. The average Bonchev–Trinajstić information content (AvgIpc) is 2.51. The van der Waals surface area contributed by atoms with Gasteiger partial charge in [-0.3, -0.25) is 11.9 Å². The van der Waals surface area contributed by atoms with Gasteiger partial charge in [-0.2, -0.15) is 6.92 Å². The third kappa shape index (κ3) is 4.52. The Labute approximate surface area is 109 Å². The van der Waals surface area contributed by atoms with Crippen LogP contribution >= 0.6 is 0 Å². The Morgan fingerprint density at radius 2 is 1.87 bits per heavy atom. The summed E-state index contributed by atoms with van der Waals surface area (Å²) in [5.74, 6) is 0. The van der Waals surface area contributed by atoms with E-state index in [9.17, 15) is 0 Å². The van der Waals surface area contributed by atoms with Crippen molar-refractivity contribution in [3.8, 4) is 0 Å². The molecule has 0 amide bonds. The van der Waals surface area contributed by atoms with Crippen molar-refractivity contribution in [2.45, 2.75) is 26.5 Å². The summed E-state index contributed by atoms with van der Waals surface area (Å²) < 4.78 is 5.62. The zero-order valence-corrected chi connectivity index (χ0v) is 12.0. The van der Waals surface area contributed by atoms with Crippen molar-refractivity contribution in [2.75, 3.05) is 33.3 Å². The molecule has 3 nitrogen and oxygen atoms in total. The van der Waals surface area contributed by atoms with E-state index in [1.54, 1.807) is 6.92 Å². The number of hydrogen-bond acceptors (Lipinski definition) is 3. The van der Waals surface area contributed by atoms with E-state index in [0.29, 0.717) is 12.1 Å². The van der Waals surface area contributed by atoms with Gasteiger partial charge in [-0.25, -0.2) is 0 Å². The number of nitrogens with zero attached hydrogens (tertiary/aromatic N) is 2. The van der Waals surface area contributed by atoms with Crippen LogP contribution in [0.5, 0.6) is 0 Å². The summed E-state index contributed by atoms with van der Waals surface area (Å²) in [5.41, 5.74) is 0. The molecule has 0 spiro atoms. The second-order valence-corrected chi connectivity index (χ2v) is 3.49. The fourth-order valence-electron chi connectivity index (χ4n) is 1.93. The molecule has 2 aliphatic rings. The Bertz CT molecular complexity index is 158. The Morgan fingerprint density at radius 3 is 2.40 bits per heavy atom. The van der Waals surface area contributed by atoms with E-state index in [0.717, 1.165) is 26.2 Å². The molecule has 2 fully saturated rings. The average molecular weight is 384 g/mol. The van der Waals surface area contributed by atoms with Gasteiger partial charge < -0.3 is 16.6 Å². The van der Waals surface area contributed by atoms with Gasteiger partial charge in [0.1, 0.15) is 0 Å². The van der Waals surface area contributed by atoms with Gasteiger partial charge in [0.05, 0.1) is 12.7 Å². The Balaban J connectivity index is 0. The SMILES string of the molecule is C.[CH2-]C.[CH2-]N1C[C@@H]2OCCN(C)[C@@H]2C1.[W+2]. The zero-order chi connectivity index (χ0) is 9.84. The van der Waals surface area contributed by atoms with Crippen molar-refractivity contribution in [1.82, 2.24) is 9.80 Å². The van der Waals surface area contributed by atoms with Crippen LogP contribution in [0.2, 0.25) is 0 Å². The van der Waals surface area contributed by atoms with E-state index in [-0.39, 0.29) is 28.5 Å². The first-order valence-corrected chi connectivity index (χ1v) is 4.85. The van der Waals surface area contributed by atoms with Crippen LogP contribution in [0.25, 0.3) is 0 Å². The Morgan fingerprint density at radius 1 is 1.27 bits per heavy atom. The molecule has 90 valence electrons. The van der Waals surface area contributed by atoms with Gasteiger partial charge in [0.15, 0.2) is 0 Å². The monoisotopic (exact) mass is 384 g/mol. The van der Waals surface area contributed by atoms with Gasteiger partial charge in [0, 0.05) is 12.6 Å². The van der Waals surface area contributed by atoms with Crippen molar-refractivity contribution >= 4 is 0 Å². The predicted octanol–water partition coefficient (Wildman–Crippen LogP) is 1.27. The summed E-state index contributed by atoms with van der Waals surface area (Å²) in [6.45, 7) is 9.00. The van der Waals surface area contributed by atoms with Gasteiger partial charge in [-0.1, -0.05) is 7.43 Å². The van der Waals surface area contributed by atoms with Crippen molar-refractivity contribution in [3.05, 3.63) is 14.0 Å². The molecule has 0 aromatic heterocycles. The largest absolute Gasteiger partial charge is 2.00 e. The summed E-state index contributed by atoms with van der Waals surface area (Å²) in [4.78, 5) is 4.47. The molecule has 2 saturated heterocycles. The molecule has 0 unspecified atom stereocenters. The van der Waals surface area contributed by atoms with Crippen LogP contribution in [-0.2, 0) is 25.8 Å². The second-order valence-electron chi connectivity index (χ2n) is 3.49. The van der Waals surface area contributed by atoms with Crippen LogP contribution in [0.1, 0.15) is 14.4 Å². The molecule has 2 rings (SSSR count). The standard InChI is InChI=1S/C8H15N2O.C2H5.CH4.W/c1-9-5-7-8(6-9)11-4-3-10(7)2;1-2;;/h7-8H,1,3-6H2,2H3;1H2,2H3;1H4;/q2*-1;;+2/t7-,8+;;;/m1.../s1. The van der Waals surface area contributed by atoms with Crippen molar-refractivity contribution in [1.29, 1.82) is 0 Å². The zero-order valence-electron chi connectivity index (χ0n) is 9.11. The number of fused-ring (bicyclic) bond motifs is 1. The fourth-order valence-corrected chi connectivity index (χ4v) is 1.93. The summed E-state index contributed by atoms with van der Waals surface area (Å²) in [5, 5.41) is 0. The summed E-state index contributed by atoms with van der Waals surface area (Å²) in [6.07, 6.45) is 0.409. The van der Waals surface area contributed by atoms with Crippen molar-refractivity contribution < 1.29 is 25.8 Å². The minimum absolute atomic E-state index is 0. The summed E-state index contributed by atoms with van der Waals surface area (Å²) >= 11 is 0. The molecule has 4 heteroatoms. The molecule has 0 radical (unpaired) electrons. The summed E-state index contributed by atoms with van der Waals surface area (Å²) in [6, 6.07) is 0.584. The van der Waals surface area contributed by atoms with Gasteiger partial charge in [-0.05, 0) is 20.1 Å². The first-order chi connectivity index (χ1) is 6.27. The number of rotatable bonds is 0. The maximum atomic E-state index is 5.62. The summed E-state index contributed by atoms with van der Waals surface area (Å²) in [7, 11) is 6.09. The van der Waals surface area contributed by atoms with Gasteiger partial charge in [-0.15, -0.1) is 0 Å². The van der Waals surface area contributed by atoms with Gasteiger partial charge in [0.2, 0.25) is 0 Å². The molecule has 15 heavy (non-hydrogen) atoms. The molecular weight excluding hydrogens is 360 g/mol. The molecule has 0 N–H and O–H groups in total. The minimum atomic E-state index is 0. The third-order valence-corrected chi connectivity index (χ3v) is 2.65.